The summed E-state index contributed by atoms with van der Waals surface area (Å²) < 4.78 is 15.1. The lowest BCUT2D eigenvalue weighted by molar-refractivity contribution is 0.187. The lowest BCUT2D eigenvalue weighted by Gasteiger charge is -2.21. The highest BCUT2D eigenvalue weighted by atomic mass is 127. The van der Waals surface area contributed by atoms with Gasteiger partial charge in [0.25, 0.3) is 5.56 Å². The van der Waals surface area contributed by atoms with E-state index in [9.17, 15) is 4.79 Å². The summed E-state index contributed by atoms with van der Waals surface area (Å²) in [4.78, 5) is 18.0. The van der Waals surface area contributed by atoms with Crippen LogP contribution in [-0.4, -0.2) is 29.1 Å². The summed E-state index contributed by atoms with van der Waals surface area (Å²) in [5, 5.41) is 5.10. The Morgan fingerprint density at radius 2 is 1.94 bits per heavy atom. The quantitative estimate of drug-likeness (QED) is 0.191. The number of fused-ring (bicyclic) bond motifs is 1. The predicted molar refractivity (Wildman–Crippen MR) is 151 cm³/mol. The number of halogens is 2. The Morgan fingerprint density at radius 1 is 1.18 bits per heavy atom. The van der Waals surface area contributed by atoms with Gasteiger partial charge in [-0.25, -0.2) is 4.98 Å². The molecular weight excluding hydrogens is 609 g/mol. The molecule has 0 bridgehead atoms. The monoisotopic (exact) mass is 639 g/mol. The fourth-order valence-electron chi connectivity index (χ4n) is 3.29. The minimum Gasteiger partial charge on any atom is -0.490 e. The van der Waals surface area contributed by atoms with E-state index in [-0.39, 0.29) is 11.0 Å². The third-order valence-corrected chi connectivity index (χ3v) is 6.23. The number of unbranched alkanes of at least 4 members (excludes halogenated alkanes) is 1. The topological polar surface area (TPSA) is 65.7 Å². The summed E-state index contributed by atoms with van der Waals surface area (Å²) in [6, 6.07) is 9.42. The van der Waals surface area contributed by atoms with Crippen molar-refractivity contribution in [2.24, 2.45) is 10.5 Å². The summed E-state index contributed by atoms with van der Waals surface area (Å²) in [5.74, 6) is 2.05. The molecule has 0 saturated carbocycles. The first kappa shape index (κ1) is 26.7. The van der Waals surface area contributed by atoms with Gasteiger partial charge in [-0.2, -0.15) is 9.78 Å². The smallest absolute Gasteiger partial charge is 0.282 e. The van der Waals surface area contributed by atoms with Crippen molar-refractivity contribution >= 4 is 55.6 Å². The molecule has 182 valence electrons. The molecule has 6 nitrogen and oxygen atoms in total. The minimum absolute atomic E-state index is 0.0286. The molecule has 2 aromatic carbocycles. The average molecular weight is 640 g/mol. The Balaban J connectivity index is 2.04. The number of ether oxygens (including phenoxy) is 2. The molecule has 0 fully saturated rings. The van der Waals surface area contributed by atoms with Crippen LogP contribution in [0.15, 0.2) is 44.7 Å². The van der Waals surface area contributed by atoms with E-state index in [1.807, 2.05) is 31.2 Å². The highest BCUT2D eigenvalue weighted by Crippen LogP contribution is 2.35. The number of hydrogen-bond donors (Lipinski definition) is 0. The number of benzene rings is 2. The molecule has 1 aromatic heterocycles. The van der Waals surface area contributed by atoms with Crippen molar-refractivity contribution in [3.63, 3.8) is 0 Å². The van der Waals surface area contributed by atoms with E-state index in [4.69, 9.17) is 14.5 Å². The van der Waals surface area contributed by atoms with Gasteiger partial charge in [0.1, 0.15) is 5.82 Å². The predicted octanol–water partition coefficient (Wildman–Crippen LogP) is 6.81. The molecule has 0 aliphatic heterocycles. The normalized spacial score (nSPS) is 12.0. The standard InChI is InChI=1S/C26H31BrIN3O3/c1-6-8-9-23-30-21-11-10-18(27)14-19(21)25(32)31(23)29-15-17-12-20(28)24(22(13-17)33-7-2)34-16-26(3,4)5/h10-15H,6-9,16H2,1-5H3. The Kier molecular flexibility index (Phi) is 9.14. The molecule has 0 spiro atoms. The van der Waals surface area contributed by atoms with Crippen molar-refractivity contribution in [3.05, 3.63) is 60.1 Å². The maximum absolute atomic E-state index is 13.3. The van der Waals surface area contributed by atoms with Crippen molar-refractivity contribution in [1.29, 1.82) is 0 Å². The van der Waals surface area contributed by atoms with E-state index < -0.39 is 0 Å². The van der Waals surface area contributed by atoms with Gasteiger partial charge in [-0.1, -0.05) is 50.0 Å². The summed E-state index contributed by atoms with van der Waals surface area (Å²) in [6.45, 7) is 11.5. The first-order valence-corrected chi connectivity index (χ1v) is 13.3. The second-order valence-electron chi connectivity index (χ2n) is 9.27. The zero-order valence-corrected chi connectivity index (χ0v) is 24.1. The minimum atomic E-state index is -0.182. The van der Waals surface area contributed by atoms with Crippen LogP contribution in [0.1, 0.15) is 58.8 Å². The molecule has 0 aliphatic rings. The molecule has 3 rings (SSSR count). The first-order chi connectivity index (χ1) is 16.1. The lowest BCUT2D eigenvalue weighted by atomic mass is 9.99. The van der Waals surface area contributed by atoms with Gasteiger partial charge in [0.2, 0.25) is 0 Å². The summed E-state index contributed by atoms with van der Waals surface area (Å²) >= 11 is 5.70. The highest BCUT2D eigenvalue weighted by Gasteiger charge is 2.17. The first-order valence-electron chi connectivity index (χ1n) is 11.5. The lowest BCUT2D eigenvalue weighted by Crippen LogP contribution is -2.22. The average Bonchev–Trinajstić information content (AvgIpc) is 2.76. The van der Waals surface area contributed by atoms with E-state index in [0.29, 0.717) is 42.1 Å². The number of rotatable bonds is 9. The highest BCUT2D eigenvalue weighted by molar-refractivity contribution is 14.1. The maximum Gasteiger partial charge on any atom is 0.282 e. The van der Waals surface area contributed by atoms with Gasteiger partial charge in [-0.3, -0.25) is 4.79 Å². The van der Waals surface area contributed by atoms with Crippen molar-refractivity contribution in [3.8, 4) is 11.5 Å². The van der Waals surface area contributed by atoms with E-state index in [2.05, 4.69) is 71.3 Å². The van der Waals surface area contributed by atoms with Crippen LogP contribution in [0.4, 0.5) is 0 Å². The molecule has 34 heavy (non-hydrogen) atoms. The molecule has 0 saturated heterocycles. The molecule has 0 radical (unpaired) electrons. The van der Waals surface area contributed by atoms with Crippen LogP contribution in [0, 0.1) is 8.99 Å². The second kappa shape index (κ2) is 11.7. The molecule has 0 atom stereocenters. The zero-order chi connectivity index (χ0) is 24.9. The largest absolute Gasteiger partial charge is 0.490 e. The Labute approximate surface area is 223 Å². The fourth-order valence-corrected chi connectivity index (χ4v) is 4.43. The molecule has 0 amide bonds. The van der Waals surface area contributed by atoms with E-state index >= 15 is 0 Å². The van der Waals surface area contributed by atoms with Crippen LogP contribution >= 0.6 is 38.5 Å². The van der Waals surface area contributed by atoms with E-state index in [1.54, 1.807) is 12.3 Å². The van der Waals surface area contributed by atoms with E-state index in [0.717, 1.165) is 32.2 Å². The summed E-state index contributed by atoms with van der Waals surface area (Å²) in [7, 11) is 0. The molecule has 8 heteroatoms. The van der Waals surface area contributed by atoms with Gasteiger partial charge in [0.05, 0.1) is 33.9 Å². The number of aryl methyl sites for hydroxylation is 1. The Morgan fingerprint density at radius 3 is 2.62 bits per heavy atom. The Bertz CT molecular complexity index is 1250. The molecule has 0 aliphatic carbocycles. The second-order valence-corrected chi connectivity index (χ2v) is 11.3. The van der Waals surface area contributed by atoms with Crippen LogP contribution < -0.4 is 15.0 Å². The van der Waals surface area contributed by atoms with E-state index in [1.165, 1.54) is 4.68 Å². The van der Waals surface area contributed by atoms with Crippen LogP contribution in [0.3, 0.4) is 0 Å². The molecule has 1 heterocycles. The maximum atomic E-state index is 13.3. The van der Waals surface area contributed by atoms with Crippen molar-refractivity contribution in [2.75, 3.05) is 13.2 Å². The van der Waals surface area contributed by atoms with Gasteiger partial charge in [0, 0.05) is 10.9 Å². The van der Waals surface area contributed by atoms with Crippen LogP contribution in [0.5, 0.6) is 11.5 Å². The third kappa shape index (κ3) is 6.81. The van der Waals surface area contributed by atoms with Gasteiger partial charge in [-0.05, 0) is 77.2 Å². The third-order valence-electron chi connectivity index (χ3n) is 4.93. The van der Waals surface area contributed by atoms with Gasteiger partial charge >= 0.3 is 0 Å². The number of aromatic nitrogens is 2. The molecule has 0 N–H and O–H groups in total. The molecular formula is C26H31BrIN3O3. The number of hydrogen-bond acceptors (Lipinski definition) is 5. The van der Waals surface area contributed by atoms with Crippen LogP contribution in [0.2, 0.25) is 0 Å². The van der Waals surface area contributed by atoms with Crippen molar-refractivity contribution in [2.45, 2.75) is 53.9 Å². The fraction of sp³-hybridized carbons (Fsp3) is 0.423. The van der Waals surface area contributed by atoms with Crippen molar-refractivity contribution < 1.29 is 9.47 Å². The van der Waals surface area contributed by atoms with Gasteiger partial charge in [-0.15, -0.1) is 0 Å². The van der Waals surface area contributed by atoms with Gasteiger partial charge in [0.15, 0.2) is 11.5 Å². The summed E-state index contributed by atoms with van der Waals surface area (Å²) in [5.41, 5.74) is 1.34. The summed E-state index contributed by atoms with van der Waals surface area (Å²) in [6.07, 6.45) is 4.29. The Hall–Kier alpha value is -1.94. The van der Waals surface area contributed by atoms with Gasteiger partial charge < -0.3 is 9.47 Å². The van der Waals surface area contributed by atoms with Crippen molar-refractivity contribution in [1.82, 2.24) is 9.66 Å². The number of nitrogens with zero attached hydrogens (tertiary/aromatic N) is 3. The SMILES string of the molecule is CCCCc1nc2ccc(Br)cc2c(=O)n1N=Cc1cc(I)c(OCC(C)(C)C)c(OCC)c1. The molecule has 3 aromatic rings. The molecule has 0 unspecified atom stereocenters. The van der Waals surface area contributed by atoms with Crippen LogP contribution in [0.25, 0.3) is 10.9 Å². The zero-order valence-electron chi connectivity index (χ0n) is 20.3. The van der Waals surface area contributed by atoms with Crippen LogP contribution in [-0.2, 0) is 6.42 Å².